The highest BCUT2D eigenvalue weighted by atomic mass is 15.0. The minimum Gasteiger partial charge on any atom is -0.384 e. The molecule has 0 spiro atoms. The number of rotatable bonds is 3. The monoisotopic (exact) mass is 251 g/mol. The molecule has 3 aromatic rings. The van der Waals surface area contributed by atoms with Gasteiger partial charge in [-0.2, -0.15) is 0 Å². The number of nitrogens with zero attached hydrogens (tertiary/aromatic N) is 4. The smallest absolute Gasteiger partial charge is 0.123 e. The Kier molecular flexibility index (Phi) is 2.94. The van der Waals surface area contributed by atoms with Crippen LogP contribution in [-0.2, 0) is 6.54 Å². The Morgan fingerprint density at radius 2 is 2.05 bits per heavy atom. The Hall–Kier alpha value is -2.69. The maximum Gasteiger partial charge on any atom is 0.123 e. The minimum atomic E-state index is 0.506. The molecule has 0 aliphatic carbocycles. The Morgan fingerprint density at radius 1 is 1.11 bits per heavy atom. The summed E-state index contributed by atoms with van der Waals surface area (Å²) in [5.41, 5.74) is 8.87. The van der Waals surface area contributed by atoms with E-state index in [1.807, 2.05) is 36.7 Å². The summed E-state index contributed by atoms with van der Waals surface area (Å²) < 4.78 is 2.06. The SMILES string of the molecule is Nc1cc(-c2cncn2Cc2cccnc2)ccn1. The maximum atomic E-state index is 5.72. The molecule has 0 amide bonds. The molecule has 0 unspecified atom stereocenters. The molecule has 2 N–H and O–H groups in total. The first-order chi connectivity index (χ1) is 9.33. The fourth-order valence-corrected chi connectivity index (χ4v) is 1.98. The molecule has 0 aliphatic heterocycles. The van der Waals surface area contributed by atoms with Crippen LogP contribution in [0.15, 0.2) is 55.4 Å². The average Bonchev–Trinajstić information content (AvgIpc) is 2.88. The van der Waals surface area contributed by atoms with Gasteiger partial charge in [-0.15, -0.1) is 0 Å². The van der Waals surface area contributed by atoms with Crippen LogP contribution in [0.4, 0.5) is 5.82 Å². The van der Waals surface area contributed by atoms with E-state index in [4.69, 9.17) is 5.73 Å². The minimum absolute atomic E-state index is 0.506. The van der Waals surface area contributed by atoms with E-state index in [2.05, 4.69) is 19.5 Å². The van der Waals surface area contributed by atoms with Gasteiger partial charge in [0.15, 0.2) is 0 Å². The quantitative estimate of drug-likeness (QED) is 0.772. The topological polar surface area (TPSA) is 69.6 Å². The first-order valence-electron chi connectivity index (χ1n) is 5.94. The summed E-state index contributed by atoms with van der Waals surface area (Å²) in [6.45, 7) is 0.728. The van der Waals surface area contributed by atoms with Crippen molar-refractivity contribution in [3.05, 3.63) is 60.9 Å². The van der Waals surface area contributed by atoms with Crippen molar-refractivity contribution in [3.8, 4) is 11.3 Å². The zero-order chi connectivity index (χ0) is 13.1. The van der Waals surface area contributed by atoms with Gasteiger partial charge in [-0.3, -0.25) is 4.98 Å². The van der Waals surface area contributed by atoms with Crippen LogP contribution in [0.25, 0.3) is 11.3 Å². The van der Waals surface area contributed by atoms with E-state index < -0.39 is 0 Å². The lowest BCUT2D eigenvalue weighted by Gasteiger charge is -2.08. The second kappa shape index (κ2) is 4.89. The molecule has 0 atom stereocenters. The Bertz CT molecular complexity index is 675. The van der Waals surface area contributed by atoms with Gasteiger partial charge in [0, 0.05) is 24.2 Å². The van der Waals surface area contributed by atoms with Crippen LogP contribution >= 0.6 is 0 Å². The zero-order valence-electron chi connectivity index (χ0n) is 10.3. The number of pyridine rings is 2. The van der Waals surface area contributed by atoms with Crippen LogP contribution in [0.3, 0.4) is 0 Å². The normalized spacial score (nSPS) is 10.5. The molecule has 3 heterocycles. The highest BCUT2D eigenvalue weighted by Gasteiger charge is 2.06. The van der Waals surface area contributed by atoms with Gasteiger partial charge in [0.1, 0.15) is 5.82 Å². The molecule has 0 saturated heterocycles. The number of aromatic nitrogens is 4. The van der Waals surface area contributed by atoms with Gasteiger partial charge in [-0.05, 0) is 23.8 Å². The molecular formula is C14H13N5. The van der Waals surface area contributed by atoms with Crippen LogP contribution in [0.5, 0.6) is 0 Å². The molecule has 5 nitrogen and oxygen atoms in total. The molecule has 3 rings (SSSR count). The molecule has 0 saturated carbocycles. The molecule has 0 bridgehead atoms. The molecule has 19 heavy (non-hydrogen) atoms. The number of nitrogen functional groups attached to an aromatic ring is 1. The predicted molar refractivity (Wildman–Crippen MR) is 73.2 cm³/mol. The number of imidazole rings is 1. The first-order valence-corrected chi connectivity index (χ1v) is 5.94. The van der Waals surface area contributed by atoms with Gasteiger partial charge < -0.3 is 10.3 Å². The summed E-state index contributed by atoms with van der Waals surface area (Å²) in [7, 11) is 0. The van der Waals surface area contributed by atoms with Crippen LogP contribution < -0.4 is 5.73 Å². The lowest BCUT2D eigenvalue weighted by molar-refractivity contribution is 0.800. The van der Waals surface area contributed by atoms with E-state index in [0.29, 0.717) is 5.82 Å². The lowest BCUT2D eigenvalue weighted by Crippen LogP contribution is -2.01. The number of nitrogens with two attached hydrogens (primary N) is 1. The van der Waals surface area contributed by atoms with E-state index in [1.165, 1.54) is 0 Å². The molecule has 0 fully saturated rings. The van der Waals surface area contributed by atoms with Gasteiger partial charge in [-0.1, -0.05) is 6.07 Å². The van der Waals surface area contributed by atoms with Gasteiger partial charge in [0.05, 0.1) is 24.8 Å². The largest absolute Gasteiger partial charge is 0.384 e. The molecule has 0 aromatic carbocycles. The van der Waals surface area contributed by atoms with Gasteiger partial charge in [0.2, 0.25) is 0 Å². The second-order valence-electron chi connectivity index (χ2n) is 4.24. The van der Waals surface area contributed by atoms with Crippen molar-refractivity contribution in [3.63, 3.8) is 0 Å². The maximum absolute atomic E-state index is 5.72. The number of anilines is 1. The third kappa shape index (κ3) is 2.44. The standard InChI is InChI=1S/C14H13N5/c15-14-6-12(3-5-18-14)13-8-17-10-19(13)9-11-2-1-4-16-7-11/h1-8,10H,9H2,(H2,15,18). The average molecular weight is 251 g/mol. The van der Waals surface area contributed by atoms with E-state index >= 15 is 0 Å². The summed E-state index contributed by atoms with van der Waals surface area (Å²) >= 11 is 0. The van der Waals surface area contributed by atoms with E-state index in [0.717, 1.165) is 23.4 Å². The van der Waals surface area contributed by atoms with Crippen molar-refractivity contribution in [1.29, 1.82) is 0 Å². The van der Waals surface area contributed by atoms with E-state index in [9.17, 15) is 0 Å². The van der Waals surface area contributed by atoms with Crippen molar-refractivity contribution >= 4 is 5.82 Å². The van der Waals surface area contributed by atoms with Crippen LogP contribution in [0.2, 0.25) is 0 Å². The number of hydrogen-bond donors (Lipinski definition) is 1. The van der Waals surface area contributed by atoms with Crippen LogP contribution in [0, 0.1) is 0 Å². The lowest BCUT2D eigenvalue weighted by atomic mass is 10.2. The third-order valence-electron chi connectivity index (χ3n) is 2.86. The fraction of sp³-hybridized carbons (Fsp3) is 0.0714. The van der Waals surface area contributed by atoms with Crippen LogP contribution in [0.1, 0.15) is 5.56 Å². The summed E-state index contributed by atoms with van der Waals surface area (Å²) in [5, 5.41) is 0. The molecule has 94 valence electrons. The van der Waals surface area contributed by atoms with E-state index in [1.54, 1.807) is 18.7 Å². The van der Waals surface area contributed by atoms with Crippen LogP contribution in [-0.4, -0.2) is 19.5 Å². The molecular weight excluding hydrogens is 238 g/mol. The van der Waals surface area contributed by atoms with Gasteiger partial charge in [0.25, 0.3) is 0 Å². The zero-order valence-corrected chi connectivity index (χ0v) is 10.3. The first kappa shape index (κ1) is 11.4. The molecule has 0 aliphatic rings. The van der Waals surface area contributed by atoms with Crippen molar-refractivity contribution in [2.45, 2.75) is 6.54 Å². The van der Waals surface area contributed by atoms with Crippen molar-refractivity contribution < 1.29 is 0 Å². The van der Waals surface area contributed by atoms with Crippen molar-refractivity contribution in [2.24, 2.45) is 0 Å². The predicted octanol–water partition coefficient (Wildman–Crippen LogP) is 1.97. The molecule has 0 radical (unpaired) electrons. The number of hydrogen-bond acceptors (Lipinski definition) is 4. The van der Waals surface area contributed by atoms with Crippen molar-refractivity contribution in [2.75, 3.05) is 5.73 Å². The fourth-order valence-electron chi connectivity index (χ4n) is 1.98. The molecule has 3 aromatic heterocycles. The highest BCUT2D eigenvalue weighted by Crippen LogP contribution is 2.20. The highest BCUT2D eigenvalue weighted by molar-refractivity contribution is 5.61. The summed E-state index contributed by atoms with van der Waals surface area (Å²) in [4.78, 5) is 12.3. The Balaban J connectivity index is 1.95. The summed E-state index contributed by atoms with van der Waals surface area (Å²) in [6.07, 6.45) is 8.95. The van der Waals surface area contributed by atoms with Crippen molar-refractivity contribution in [1.82, 2.24) is 19.5 Å². The summed E-state index contributed by atoms with van der Waals surface area (Å²) in [6, 6.07) is 7.73. The second-order valence-corrected chi connectivity index (χ2v) is 4.24. The van der Waals surface area contributed by atoms with Gasteiger partial charge in [-0.25, -0.2) is 9.97 Å². The third-order valence-corrected chi connectivity index (χ3v) is 2.86. The summed E-state index contributed by atoms with van der Waals surface area (Å²) in [5.74, 6) is 0.506. The Labute approximate surface area is 110 Å². The Morgan fingerprint density at radius 3 is 2.84 bits per heavy atom. The molecule has 5 heteroatoms. The van der Waals surface area contributed by atoms with E-state index in [-0.39, 0.29) is 0 Å². The van der Waals surface area contributed by atoms with Gasteiger partial charge >= 0.3 is 0 Å².